The third-order valence-electron chi connectivity index (χ3n) is 2.19. The van der Waals surface area contributed by atoms with Gasteiger partial charge in [0.25, 0.3) is 0 Å². The van der Waals surface area contributed by atoms with Gasteiger partial charge in [0, 0.05) is 13.7 Å². The molecule has 0 rings (SSSR count). The van der Waals surface area contributed by atoms with Crippen molar-refractivity contribution >= 4 is 0 Å². The van der Waals surface area contributed by atoms with Crippen LogP contribution in [0.3, 0.4) is 0 Å². The third kappa shape index (κ3) is 8.23. The van der Waals surface area contributed by atoms with Crippen molar-refractivity contribution in [3.05, 3.63) is 12.7 Å². The topological polar surface area (TPSA) is 49.7 Å². The van der Waals surface area contributed by atoms with Crippen LogP contribution in [0, 0.1) is 0 Å². The smallest absolute Gasteiger partial charge is 0.0563 e. The van der Waals surface area contributed by atoms with Crippen molar-refractivity contribution in [1.82, 2.24) is 0 Å². The van der Waals surface area contributed by atoms with Gasteiger partial charge in [-0.05, 0) is 32.1 Å². The predicted octanol–water partition coefficient (Wildman–Crippen LogP) is 1.49. The van der Waals surface area contributed by atoms with Gasteiger partial charge >= 0.3 is 0 Å². The molecule has 84 valence electrons. The summed E-state index contributed by atoms with van der Waals surface area (Å²) >= 11 is 0. The summed E-state index contributed by atoms with van der Waals surface area (Å²) in [7, 11) is 1.62. The summed E-state index contributed by atoms with van der Waals surface area (Å²) in [6.45, 7) is 4.16. The minimum atomic E-state index is -0.353. The Labute approximate surface area is 86.4 Å². The molecule has 14 heavy (non-hydrogen) atoms. The van der Waals surface area contributed by atoms with Crippen LogP contribution in [0.5, 0.6) is 0 Å². The normalized spacial score (nSPS) is 15.1. The average Bonchev–Trinajstić information content (AvgIpc) is 2.20. The Morgan fingerprint density at radius 2 is 1.71 bits per heavy atom. The molecule has 0 spiro atoms. The highest BCUT2D eigenvalue weighted by Crippen LogP contribution is 2.09. The van der Waals surface area contributed by atoms with Gasteiger partial charge < -0.3 is 14.9 Å². The van der Waals surface area contributed by atoms with Crippen LogP contribution >= 0.6 is 0 Å². The molecule has 2 atom stereocenters. The maximum atomic E-state index is 9.46. The Morgan fingerprint density at radius 1 is 1.14 bits per heavy atom. The zero-order chi connectivity index (χ0) is 10.8. The fraction of sp³-hybridized carbons (Fsp3) is 0.818. The zero-order valence-electron chi connectivity index (χ0n) is 8.98. The van der Waals surface area contributed by atoms with E-state index in [2.05, 4.69) is 6.58 Å². The summed E-state index contributed by atoms with van der Waals surface area (Å²) in [5, 5.41) is 18.9. The molecule has 0 aromatic rings. The van der Waals surface area contributed by atoms with E-state index in [1.54, 1.807) is 13.2 Å². The number of rotatable bonds is 9. The highest BCUT2D eigenvalue weighted by atomic mass is 16.5. The molecule has 2 N–H and O–H groups in total. The van der Waals surface area contributed by atoms with E-state index in [0.717, 1.165) is 12.8 Å². The first-order valence-corrected chi connectivity index (χ1v) is 5.16. The lowest BCUT2D eigenvalue weighted by molar-refractivity contribution is 0.0810. The maximum Gasteiger partial charge on any atom is 0.0563 e. The molecule has 0 aliphatic carbocycles. The molecule has 2 unspecified atom stereocenters. The van der Waals surface area contributed by atoms with Crippen LogP contribution in [0.4, 0.5) is 0 Å². The number of hydrogen-bond acceptors (Lipinski definition) is 3. The minimum Gasteiger partial charge on any atom is -0.393 e. The second-order valence-electron chi connectivity index (χ2n) is 3.53. The summed E-state index contributed by atoms with van der Waals surface area (Å²) in [4.78, 5) is 0. The summed E-state index contributed by atoms with van der Waals surface area (Å²) in [6.07, 6.45) is 4.63. The molecular weight excluding hydrogens is 180 g/mol. The Hall–Kier alpha value is -0.380. The standard InChI is InChI=1S/C11H22O3/c1-3-4-5-10(12)6-7-11(13)8-9-14-2/h3,10-13H,1,4-9H2,2H3. The highest BCUT2D eigenvalue weighted by molar-refractivity contribution is 4.70. The first kappa shape index (κ1) is 13.6. The molecular formula is C11H22O3. The van der Waals surface area contributed by atoms with Crippen molar-refractivity contribution < 1.29 is 14.9 Å². The fourth-order valence-corrected chi connectivity index (χ4v) is 1.24. The second-order valence-corrected chi connectivity index (χ2v) is 3.53. The monoisotopic (exact) mass is 202 g/mol. The van der Waals surface area contributed by atoms with E-state index in [4.69, 9.17) is 4.74 Å². The van der Waals surface area contributed by atoms with Crippen LogP contribution < -0.4 is 0 Å². The quantitative estimate of drug-likeness (QED) is 0.557. The molecule has 0 radical (unpaired) electrons. The zero-order valence-corrected chi connectivity index (χ0v) is 8.98. The van der Waals surface area contributed by atoms with E-state index in [1.807, 2.05) is 0 Å². The van der Waals surface area contributed by atoms with Crippen LogP contribution in [0.2, 0.25) is 0 Å². The lowest BCUT2D eigenvalue weighted by atomic mass is 10.0. The molecule has 0 saturated carbocycles. The van der Waals surface area contributed by atoms with Crippen LogP contribution in [0.25, 0.3) is 0 Å². The Bertz CT molecular complexity index is 136. The maximum absolute atomic E-state index is 9.46. The van der Waals surface area contributed by atoms with Gasteiger partial charge in [-0.15, -0.1) is 6.58 Å². The molecule has 3 nitrogen and oxygen atoms in total. The van der Waals surface area contributed by atoms with Crippen molar-refractivity contribution in [3.8, 4) is 0 Å². The fourth-order valence-electron chi connectivity index (χ4n) is 1.24. The summed E-state index contributed by atoms with van der Waals surface area (Å²) in [6, 6.07) is 0. The van der Waals surface area contributed by atoms with Gasteiger partial charge in [-0.1, -0.05) is 6.08 Å². The lowest BCUT2D eigenvalue weighted by Gasteiger charge is -2.13. The van der Waals surface area contributed by atoms with Crippen molar-refractivity contribution in [1.29, 1.82) is 0 Å². The lowest BCUT2D eigenvalue weighted by Crippen LogP contribution is -2.14. The minimum absolute atomic E-state index is 0.315. The van der Waals surface area contributed by atoms with Crippen molar-refractivity contribution in [3.63, 3.8) is 0 Å². The SMILES string of the molecule is C=CCCC(O)CCC(O)CCOC. The molecule has 0 aliphatic rings. The summed E-state index contributed by atoms with van der Waals surface area (Å²) in [5.74, 6) is 0. The van der Waals surface area contributed by atoms with Gasteiger partial charge in [0.1, 0.15) is 0 Å². The van der Waals surface area contributed by atoms with Crippen molar-refractivity contribution in [2.75, 3.05) is 13.7 Å². The molecule has 0 fully saturated rings. The molecule has 0 aromatic heterocycles. The van der Waals surface area contributed by atoms with Crippen molar-refractivity contribution in [2.24, 2.45) is 0 Å². The van der Waals surface area contributed by atoms with E-state index in [-0.39, 0.29) is 12.2 Å². The second kappa shape index (κ2) is 9.19. The first-order chi connectivity index (χ1) is 6.70. The van der Waals surface area contributed by atoms with E-state index < -0.39 is 0 Å². The van der Waals surface area contributed by atoms with Crippen LogP contribution in [-0.2, 0) is 4.74 Å². The summed E-state index contributed by atoms with van der Waals surface area (Å²) in [5.41, 5.74) is 0. The number of aliphatic hydroxyl groups is 2. The van der Waals surface area contributed by atoms with Crippen LogP contribution in [0.15, 0.2) is 12.7 Å². The highest BCUT2D eigenvalue weighted by Gasteiger charge is 2.08. The Balaban J connectivity index is 3.35. The number of methoxy groups -OCH3 is 1. The first-order valence-electron chi connectivity index (χ1n) is 5.16. The number of hydrogen-bond donors (Lipinski definition) is 2. The number of aliphatic hydroxyl groups excluding tert-OH is 2. The molecule has 3 heteroatoms. The van der Waals surface area contributed by atoms with E-state index in [0.29, 0.717) is 25.9 Å². The van der Waals surface area contributed by atoms with Crippen molar-refractivity contribution in [2.45, 2.75) is 44.3 Å². The van der Waals surface area contributed by atoms with Crippen LogP contribution in [0.1, 0.15) is 32.1 Å². The van der Waals surface area contributed by atoms with E-state index in [1.165, 1.54) is 0 Å². The van der Waals surface area contributed by atoms with Gasteiger partial charge in [-0.3, -0.25) is 0 Å². The molecule has 0 saturated heterocycles. The van der Waals surface area contributed by atoms with E-state index >= 15 is 0 Å². The largest absolute Gasteiger partial charge is 0.393 e. The van der Waals surface area contributed by atoms with Gasteiger partial charge in [0.05, 0.1) is 12.2 Å². The molecule has 0 aliphatic heterocycles. The predicted molar refractivity (Wildman–Crippen MR) is 57.2 cm³/mol. The number of allylic oxidation sites excluding steroid dienone is 1. The van der Waals surface area contributed by atoms with E-state index in [9.17, 15) is 10.2 Å². The molecule has 0 aromatic carbocycles. The number of ether oxygens (including phenoxy) is 1. The molecule has 0 heterocycles. The Morgan fingerprint density at radius 3 is 2.21 bits per heavy atom. The van der Waals surface area contributed by atoms with Gasteiger partial charge in [0.15, 0.2) is 0 Å². The molecule has 0 amide bonds. The van der Waals surface area contributed by atoms with Gasteiger partial charge in [-0.2, -0.15) is 0 Å². The Kier molecular flexibility index (Phi) is 8.94. The third-order valence-corrected chi connectivity index (χ3v) is 2.19. The van der Waals surface area contributed by atoms with Crippen LogP contribution in [-0.4, -0.2) is 36.1 Å². The van der Waals surface area contributed by atoms with Gasteiger partial charge in [-0.25, -0.2) is 0 Å². The summed E-state index contributed by atoms with van der Waals surface area (Å²) < 4.78 is 4.85. The van der Waals surface area contributed by atoms with Gasteiger partial charge in [0.2, 0.25) is 0 Å². The average molecular weight is 202 g/mol. The molecule has 0 bridgehead atoms.